The van der Waals surface area contributed by atoms with E-state index in [1.165, 1.54) is 25.3 Å². The summed E-state index contributed by atoms with van der Waals surface area (Å²) in [5.74, 6) is -0.489. The SMILES string of the molecule is C#C.C=Cc1cc(CC(=O)NC)c(OCc2ccc(F)cc2)nc1NS(C)(=O)=O. The molecule has 0 atom stereocenters. The molecule has 0 spiro atoms. The van der Waals surface area contributed by atoms with Crippen molar-refractivity contribution in [2.45, 2.75) is 13.0 Å². The predicted molar refractivity (Wildman–Crippen MR) is 111 cm³/mol. The summed E-state index contributed by atoms with van der Waals surface area (Å²) < 4.78 is 44.1. The zero-order valence-electron chi connectivity index (χ0n) is 16.1. The van der Waals surface area contributed by atoms with Gasteiger partial charge in [-0.3, -0.25) is 9.52 Å². The van der Waals surface area contributed by atoms with Crippen LogP contribution in [0.5, 0.6) is 5.88 Å². The normalized spacial score (nSPS) is 10.2. The van der Waals surface area contributed by atoms with E-state index < -0.39 is 10.0 Å². The number of ether oxygens (including phenoxy) is 1. The monoisotopic (exact) mass is 419 g/mol. The fourth-order valence-corrected chi connectivity index (χ4v) is 2.73. The molecule has 0 fully saturated rings. The van der Waals surface area contributed by atoms with Crippen molar-refractivity contribution < 1.29 is 22.3 Å². The van der Waals surface area contributed by atoms with E-state index in [4.69, 9.17) is 4.74 Å². The Kier molecular flexibility index (Phi) is 8.83. The second-order valence-electron chi connectivity index (χ2n) is 5.73. The highest BCUT2D eigenvalue weighted by Gasteiger charge is 2.16. The van der Waals surface area contributed by atoms with Crippen molar-refractivity contribution in [2.24, 2.45) is 0 Å². The topological polar surface area (TPSA) is 97.4 Å². The summed E-state index contributed by atoms with van der Waals surface area (Å²) in [6, 6.07) is 7.30. The summed E-state index contributed by atoms with van der Waals surface area (Å²) in [6.07, 6.45) is 10.4. The number of amides is 1. The molecular weight excluding hydrogens is 397 g/mol. The lowest BCUT2D eigenvalue weighted by molar-refractivity contribution is -0.120. The highest BCUT2D eigenvalue weighted by Crippen LogP contribution is 2.26. The molecular formula is C20H22FN3O4S. The number of hydrogen-bond donors (Lipinski definition) is 2. The lowest BCUT2D eigenvalue weighted by Crippen LogP contribution is -2.21. The van der Waals surface area contributed by atoms with Crippen LogP contribution in [0.2, 0.25) is 0 Å². The highest BCUT2D eigenvalue weighted by molar-refractivity contribution is 7.92. The van der Waals surface area contributed by atoms with Crippen molar-refractivity contribution >= 4 is 27.8 Å². The lowest BCUT2D eigenvalue weighted by Gasteiger charge is -2.15. The van der Waals surface area contributed by atoms with Gasteiger partial charge in [-0.15, -0.1) is 12.8 Å². The minimum Gasteiger partial charge on any atom is -0.473 e. The fraction of sp³-hybridized carbons (Fsp3) is 0.200. The number of terminal acetylenes is 1. The molecule has 29 heavy (non-hydrogen) atoms. The number of nitrogens with zero attached hydrogens (tertiary/aromatic N) is 1. The number of halogens is 1. The Bertz CT molecular complexity index is 987. The Morgan fingerprint density at radius 1 is 1.31 bits per heavy atom. The molecule has 1 aromatic heterocycles. The van der Waals surface area contributed by atoms with Crippen LogP contribution < -0.4 is 14.8 Å². The van der Waals surface area contributed by atoms with E-state index in [0.717, 1.165) is 6.26 Å². The molecule has 9 heteroatoms. The number of benzene rings is 1. The Balaban J connectivity index is 0.00000204. The van der Waals surface area contributed by atoms with E-state index in [0.29, 0.717) is 16.7 Å². The van der Waals surface area contributed by atoms with Gasteiger partial charge in [-0.1, -0.05) is 24.8 Å². The summed E-state index contributed by atoms with van der Waals surface area (Å²) in [4.78, 5) is 16.0. The van der Waals surface area contributed by atoms with Gasteiger partial charge in [0.25, 0.3) is 0 Å². The van der Waals surface area contributed by atoms with Crippen molar-refractivity contribution in [3.8, 4) is 18.7 Å². The second kappa shape index (κ2) is 10.8. The van der Waals surface area contributed by atoms with Crippen LogP contribution in [0.4, 0.5) is 10.2 Å². The zero-order valence-corrected chi connectivity index (χ0v) is 16.9. The summed E-state index contributed by atoms with van der Waals surface area (Å²) in [5.41, 5.74) is 1.56. The summed E-state index contributed by atoms with van der Waals surface area (Å²) >= 11 is 0. The number of nitrogens with one attached hydrogen (secondary N) is 2. The zero-order chi connectivity index (χ0) is 22.0. The maximum absolute atomic E-state index is 13.0. The first-order valence-corrected chi connectivity index (χ1v) is 10.2. The maximum atomic E-state index is 13.0. The molecule has 0 radical (unpaired) electrons. The van der Waals surface area contributed by atoms with E-state index in [2.05, 4.69) is 34.4 Å². The maximum Gasteiger partial charge on any atom is 0.230 e. The Hall–Kier alpha value is -3.38. The first-order chi connectivity index (χ1) is 13.7. The smallest absolute Gasteiger partial charge is 0.230 e. The molecule has 0 saturated carbocycles. The Morgan fingerprint density at radius 2 is 1.93 bits per heavy atom. The second-order valence-corrected chi connectivity index (χ2v) is 7.48. The molecule has 0 saturated heterocycles. The summed E-state index contributed by atoms with van der Waals surface area (Å²) in [6.45, 7) is 3.71. The minimum atomic E-state index is -3.58. The van der Waals surface area contributed by atoms with Gasteiger partial charge in [0.2, 0.25) is 21.8 Å². The predicted octanol–water partition coefficient (Wildman–Crippen LogP) is 2.35. The quantitative estimate of drug-likeness (QED) is 0.640. The molecule has 2 aromatic rings. The van der Waals surface area contributed by atoms with Gasteiger partial charge in [0.1, 0.15) is 12.4 Å². The summed E-state index contributed by atoms with van der Waals surface area (Å²) in [7, 11) is -2.07. The molecule has 0 bridgehead atoms. The van der Waals surface area contributed by atoms with Gasteiger partial charge in [0, 0.05) is 18.2 Å². The number of hydrogen-bond acceptors (Lipinski definition) is 5. The van der Waals surface area contributed by atoms with Gasteiger partial charge in [-0.05, 0) is 23.8 Å². The minimum absolute atomic E-state index is 0.0117. The Morgan fingerprint density at radius 3 is 2.45 bits per heavy atom. The molecule has 0 unspecified atom stereocenters. The van der Waals surface area contributed by atoms with E-state index in [1.807, 2.05) is 0 Å². The lowest BCUT2D eigenvalue weighted by atomic mass is 10.1. The number of anilines is 1. The number of aromatic nitrogens is 1. The van der Waals surface area contributed by atoms with Crippen molar-refractivity contribution in [2.75, 3.05) is 18.0 Å². The number of pyridine rings is 1. The number of carbonyl (C=O) groups excluding carboxylic acids is 1. The van der Waals surface area contributed by atoms with Crippen LogP contribution in [-0.4, -0.2) is 32.6 Å². The molecule has 0 aliphatic carbocycles. The first-order valence-electron chi connectivity index (χ1n) is 8.27. The largest absolute Gasteiger partial charge is 0.473 e. The standard InChI is InChI=1S/C18H20FN3O4S.C2H2/c1-4-13-9-14(10-16(23)20-2)18(21-17(13)22-27(3,24)25)26-11-12-5-7-15(19)8-6-12;1-2/h4-9H,1,10-11H2,2-3H3,(H,20,23)(H,21,22);1-2H. The van der Waals surface area contributed by atoms with E-state index >= 15 is 0 Å². The highest BCUT2D eigenvalue weighted by atomic mass is 32.2. The number of rotatable bonds is 8. The van der Waals surface area contributed by atoms with Gasteiger partial charge in [0.05, 0.1) is 12.7 Å². The van der Waals surface area contributed by atoms with Gasteiger partial charge in [0.15, 0.2) is 5.82 Å². The summed E-state index contributed by atoms with van der Waals surface area (Å²) in [5, 5.41) is 2.51. The Labute approximate surface area is 170 Å². The average Bonchev–Trinajstić information content (AvgIpc) is 2.69. The van der Waals surface area contributed by atoms with Crippen molar-refractivity contribution in [1.82, 2.24) is 10.3 Å². The molecule has 1 aromatic carbocycles. The van der Waals surface area contributed by atoms with Crippen LogP contribution in [0.3, 0.4) is 0 Å². The molecule has 7 nitrogen and oxygen atoms in total. The van der Waals surface area contributed by atoms with E-state index in [1.54, 1.807) is 18.2 Å². The van der Waals surface area contributed by atoms with Crippen LogP contribution >= 0.6 is 0 Å². The third-order valence-electron chi connectivity index (χ3n) is 3.51. The van der Waals surface area contributed by atoms with Gasteiger partial charge < -0.3 is 10.1 Å². The molecule has 154 valence electrons. The molecule has 0 aliphatic heterocycles. The average molecular weight is 419 g/mol. The molecule has 1 amide bonds. The molecule has 2 rings (SSSR count). The molecule has 2 N–H and O–H groups in total. The van der Waals surface area contributed by atoms with E-state index in [9.17, 15) is 17.6 Å². The van der Waals surface area contributed by atoms with Crippen LogP contribution in [0.25, 0.3) is 6.08 Å². The number of carbonyl (C=O) groups is 1. The van der Waals surface area contributed by atoms with E-state index in [-0.39, 0.29) is 36.4 Å². The third kappa shape index (κ3) is 7.63. The molecule has 1 heterocycles. The van der Waals surface area contributed by atoms with Gasteiger partial charge >= 0.3 is 0 Å². The van der Waals surface area contributed by atoms with Crippen LogP contribution in [0.15, 0.2) is 36.9 Å². The number of likely N-dealkylation sites (N-methyl/N-ethyl adjacent to an activating group) is 1. The van der Waals surface area contributed by atoms with Crippen molar-refractivity contribution in [3.05, 3.63) is 59.4 Å². The first kappa shape index (κ1) is 23.7. The van der Waals surface area contributed by atoms with Crippen LogP contribution in [0.1, 0.15) is 16.7 Å². The van der Waals surface area contributed by atoms with Gasteiger partial charge in [-0.25, -0.2) is 12.8 Å². The van der Waals surface area contributed by atoms with Crippen LogP contribution in [0, 0.1) is 18.7 Å². The fourth-order valence-electron chi connectivity index (χ4n) is 2.21. The van der Waals surface area contributed by atoms with Crippen molar-refractivity contribution in [1.29, 1.82) is 0 Å². The van der Waals surface area contributed by atoms with Gasteiger partial charge in [-0.2, -0.15) is 4.98 Å². The molecule has 0 aliphatic rings. The van der Waals surface area contributed by atoms with Crippen LogP contribution in [-0.2, 0) is 27.8 Å². The third-order valence-corrected chi connectivity index (χ3v) is 4.08. The number of sulfonamides is 1. The van der Waals surface area contributed by atoms with Crippen molar-refractivity contribution in [3.63, 3.8) is 0 Å².